The van der Waals surface area contributed by atoms with Gasteiger partial charge in [0, 0.05) is 6.04 Å². The number of thioether (sulfide) groups is 1. The summed E-state index contributed by atoms with van der Waals surface area (Å²) in [6, 6.07) is 10.1. The SMILES string of the molecule is O=C(NC1CC1)C(Sc1ncn[nH]1)c1ccccc1. The molecular weight excluding hydrogens is 260 g/mol. The Morgan fingerprint density at radius 3 is 2.79 bits per heavy atom. The zero-order valence-electron chi connectivity index (χ0n) is 10.2. The van der Waals surface area contributed by atoms with Gasteiger partial charge in [-0.15, -0.1) is 0 Å². The summed E-state index contributed by atoms with van der Waals surface area (Å²) in [7, 11) is 0. The zero-order valence-corrected chi connectivity index (χ0v) is 11.1. The summed E-state index contributed by atoms with van der Waals surface area (Å²) < 4.78 is 0. The van der Waals surface area contributed by atoms with Gasteiger partial charge in [0.05, 0.1) is 0 Å². The van der Waals surface area contributed by atoms with Gasteiger partial charge >= 0.3 is 0 Å². The molecule has 1 heterocycles. The normalized spacial score (nSPS) is 16.0. The number of carbonyl (C=O) groups excluding carboxylic acids is 1. The first-order valence-electron chi connectivity index (χ1n) is 6.20. The van der Waals surface area contributed by atoms with Gasteiger partial charge in [0.25, 0.3) is 0 Å². The van der Waals surface area contributed by atoms with Gasteiger partial charge in [0.2, 0.25) is 5.91 Å². The van der Waals surface area contributed by atoms with Crippen LogP contribution in [0.5, 0.6) is 0 Å². The van der Waals surface area contributed by atoms with E-state index >= 15 is 0 Å². The summed E-state index contributed by atoms with van der Waals surface area (Å²) in [6.45, 7) is 0. The van der Waals surface area contributed by atoms with E-state index < -0.39 is 0 Å². The summed E-state index contributed by atoms with van der Waals surface area (Å²) in [5.74, 6) is 0.0371. The Kier molecular flexibility index (Phi) is 3.50. The highest BCUT2D eigenvalue weighted by Crippen LogP contribution is 2.34. The van der Waals surface area contributed by atoms with Gasteiger partial charge in [-0.2, -0.15) is 5.10 Å². The maximum absolute atomic E-state index is 12.3. The van der Waals surface area contributed by atoms with Crippen LogP contribution in [-0.4, -0.2) is 27.1 Å². The molecule has 98 valence electrons. The van der Waals surface area contributed by atoms with E-state index in [2.05, 4.69) is 20.5 Å². The van der Waals surface area contributed by atoms with Gasteiger partial charge in [-0.05, 0) is 18.4 Å². The lowest BCUT2D eigenvalue weighted by Gasteiger charge is -2.15. The molecule has 0 radical (unpaired) electrons. The molecule has 0 aliphatic heterocycles. The minimum absolute atomic E-state index is 0.0371. The molecule has 1 unspecified atom stereocenters. The lowest BCUT2D eigenvalue weighted by Crippen LogP contribution is -2.29. The van der Waals surface area contributed by atoms with Crippen molar-refractivity contribution in [2.75, 3.05) is 0 Å². The van der Waals surface area contributed by atoms with Crippen molar-refractivity contribution in [3.63, 3.8) is 0 Å². The van der Waals surface area contributed by atoms with Crippen LogP contribution in [0, 0.1) is 0 Å². The highest BCUT2D eigenvalue weighted by atomic mass is 32.2. The topological polar surface area (TPSA) is 70.7 Å². The number of hydrogen-bond acceptors (Lipinski definition) is 4. The minimum atomic E-state index is -0.297. The summed E-state index contributed by atoms with van der Waals surface area (Å²) >= 11 is 1.39. The molecule has 1 aromatic heterocycles. The quantitative estimate of drug-likeness (QED) is 0.817. The molecule has 0 saturated heterocycles. The van der Waals surface area contributed by atoms with Crippen molar-refractivity contribution in [3.8, 4) is 0 Å². The third-order valence-electron chi connectivity index (χ3n) is 2.89. The molecule has 1 fully saturated rings. The second kappa shape index (κ2) is 5.44. The number of rotatable bonds is 5. The zero-order chi connectivity index (χ0) is 13.1. The molecule has 0 spiro atoms. The predicted octanol–water partition coefficient (Wildman–Crippen LogP) is 1.92. The lowest BCUT2D eigenvalue weighted by molar-refractivity contribution is -0.120. The highest BCUT2D eigenvalue weighted by molar-refractivity contribution is 8.00. The number of hydrogen-bond donors (Lipinski definition) is 2. The fourth-order valence-electron chi connectivity index (χ4n) is 1.77. The summed E-state index contributed by atoms with van der Waals surface area (Å²) in [5.41, 5.74) is 0.974. The average molecular weight is 274 g/mol. The summed E-state index contributed by atoms with van der Waals surface area (Å²) in [6.07, 6.45) is 3.61. The molecule has 1 aromatic carbocycles. The second-order valence-electron chi connectivity index (χ2n) is 4.48. The minimum Gasteiger partial charge on any atom is -0.352 e. The second-order valence-corrected chi connectivity index (χ2v) is 5.58. The molecule has 19 heavy (non-hydrogen) atoms. The van der Waals surface area contributed by atoms with Gasteiger partial charge in [0.1, 0.15) is 11.6 Å². The Bertz CT molecular complexity index is 539. The van der Waals surface area contributed by atoms with E-state index in [4.69, 9.17) is 0 Å². The molecule has 1 saturated carbocycles. The van der Waals surface area contributed by atoms with E-state index in [-0.39, 0.29) is 11.2 Å². The molecule has 1 amide bonds. The van der Waals surface area contributed by atoms with E-state index in [9.17, 15) is 4.79 Å². The van der Waals surface area contributed by atoms with E-state index in [1.54, 1.807) is 0 Å². The maximum atomic E-state index is 12.3. The van der Waals surface area contributed by atoms with Crippen LogP contribution in [0.25, 0.3) is 0 Å². The van der Waals surface area contributed by atoms with Gasteiger partial charge in [-0.25, -0.2) is 4.98 Å². The molecule has 1 atom stereocenters. The molecule has 2 aromatic rings. The van der Waals surface area contributed by atoms with Gasteiger partial charge in [-0.3, -0.25) is 9.89 Å². The number of aromatic nitrogens is 3. The third kappa shape index (κ3) is 3.14. The molecule has 3 rings (SSSR count). The van der Waals surface area contributed by atoms with Crippen molar-refractivity contribution in [3.05, 3.63) is 42.2 Å². The predicted molar refractivity (Wildman–Crippen MR) is 72.6 cm³/mol. The van der Waals surface area contributed by atoms with Gasteiger partial charge in [0.15, 0.2) is 5.16 Å². The van der Waals surface area contributed by atoms with E-state index in [0.29, 0.717) is 11.2 Å². The summed E-state index contributed by atoms with van der Waals surface area (Å²) in [5, 5.41) is 10.00. The molecule has 2 N–H and O–H groups in total. The Balaban J connectivity index is 1.79. The Morgan fingerprint density at radius 1 is 1.37 bits per heavy atom. The van der Waals surface area contributed by atoms with E-state index in [1.165, 1.54) is 18.1 Å². The highest BCUT2D eigenvalue weighted by Gasteiger charge is 2.29. The van der Waals surface area contributed by atoms with Crippen LogP contribution in [0.3, 0.4) is 0 Å². The number of H-pyrrole nitrogens is 1. The number of aromatic amines is 1. The number of nitrogens with zero attached hydrogens (tertiary/aromatic N) is 2. The van der Waals surface area contributed by atoms with E-state index in [0.717, 1.165) is 18.4 Å². The molecule has 5 nitrogen and oxygen atoms in total. The first-order chi connectivity index (χ1) is 9.33. The van der Waals surface area contributed by atoms with Crippen LogP contribution >= 0.6 is 11.8 Å². The number of benzene rings is 1. The number of carbonyl (C=O) groups is 1. The largest absolute Gasteiger partial charge is 0.352 e. The van der Waals surface area contributed by atoms with Gasteiger partial charge < -0.3 is 5.32 Å². The van der Waals surface area contributed by atoms with Crippen molar-refractivity contribution in [2.45, 2.75) is 29.3 Å². The Labute approximate surface area is 115 Å². The van der Waals surface area contributed by atoms with E-state index in [1.807, 2.05) is 30.3 Å². The van der Waals surface area contributed by atoms with Crippen molar-refractivity contribution in [1.29, 1.82) is 0 Å². The smallest absolute Gasteiger partial charge is 0.238 e. The van der Waals surface area contributed by atoms with Crippen LogP contribution in [0.15, 0.2) is 41.8 Å². The van der Waals surface area contributed by atoms with Crippen LogP contribution in [0.4, 0.5) is 0 Å². The average Bonchev–Trinajstić information content (AvgIpc) is 3.10. The maximum Gasteiger partial charge on any atom is 0.238 e. The Morgan fingerprint density at radius 2 is 2.16 bits per heavy atom. The first kappa shape index (κ1) is 12.2. The van der Waals surface area contributed by atoms with Crippen LogP contribution < -0.4 is 5.32 Å². The summed E-state index contributed by atoms with van der Waals surface area (Å²) in [4.78, 5) is 16.4. The molecule has 1 aliphatic rings. The number of amides is 1. The van der Waals surface area contributed by atoms with Crippen molar-refractivity contribution in [1.82, 2.24) is 20.5 Å². The number of nitrogens with one attached hydrogen (secondary N) is 2. The first-order valence-corrected chi connectivity index (χ1v) is 7.08. The van der Waals surface area contributed by atoms with Crippen LogP contribution in [0.2, 0.25) is 0 Å². The van der Waals surface area contributed by atoms with Crippen LogP contribution in [0.1, 0.15) is 23.7 Å². The van der Waals surface area contributed by atoms with Crippen molar-refractivity contribution < 1.29 is 4.79 Å². The monoisotopic (exact) mass is 274 g/mol. The van der Waals surface area contributed by atoms with Crippen LogP contribution in [-0.2, 0) is 4.79 Å². The Hall–Kier alpha value is -1.82. The third-order valence-corrected chi connectivity index (χ3v) is 4.03. The molecule has 6 heteroatoms. The standard InChI is InChI=1S/C13H14N4OS/c18-12(16-10-6-7-10)11(9-4-2-1-3-5-9)19-13-14-8-15-17-13/h1-5,8,10-11H,6-7H2,(H,16,18)(H,14,15,17). The molecule has 1 aliphatic carbocycles. The fraction of sp³-hybridized carbons (Fsp3) is 0.308. The van der Waals surface area contributed by atoms with Crippen molar-refractivity contribution >= 4 is 17.7 Å². The molecular formula is C13H14N4OS. The molecule has 0 bridgehead atoms. The van der Waals surface area contributed by atoms with Gasteiger partial charge in [-0.1, -0.05) is 42.1 Å². The fourth-order valence-corrected chi connectivity index (χ4v) is 2.67. The lowest BCUT2D eigenvalue weighted by atomic mass is 10.1. The van der Waals surface area contributed by atoms with Crippen molar-refractivity contribution in [2.24, 2.45) is 0 Å².